The van der Waals surface area contributed by atoms with Crippen molar-refractivity contribution in [2.75, 3.05) is 25.5 Å². The van der Waals surface area contributed by atoms with E-state index >= 15 is 0 Å². The minimum Gasteiger partial charge on any atom is -0.497 e. The van der Waals surface area contributed by atoms with Crippen LogP contribution >= 0.6 is 11.3 Å². The second-order valence-corrected chi connectivity index (χ2v) is 9.65. The molecule has 0 bridgehead atoms. The van der Waals surface area contributed by atoms with Gasteiger partial charge in [-0.1, -0.05) is 0 Å². The van der Waals surface area contributed by atoms with Gasteiger partial charge in [-0.2, -0.15) is 0 Å². The number of hydrogen-bond donors (Lipinski definition) is 1. The minimum atomic E-state index is -0.231. The summed E-state index contributed by atoms with van der Waals surface area (Å²) >= 11 is 1.66. The number of hydrogen-bond acceptors (Lipinski definition) is 6. The van der Waals surface area contributed by atoms with Crippen molar-refractivity contribution in [3.63, 3.8) is 0 Å². The van der Waals surface area contributed by atoms with Crippen LogP contribution in [0.25, 0.3) is 10.2 Å². The van der Waals surface area contributed by atoms with Crippen molar-refractivity contribution in [1.82, 2.24) is 14.5 Å². The van der Waals surface area contributed by atoms with E-state index in [0.29, 0.717) is 18.1 Å². The number of rotatable bonds is 6. The van der Waals surface area contributed by atoms with Crippen LogP contribution in [0.3, 0.4) is 0 Å². The van der Waals surface area contributed by atoms with Crippen LogP contribution in [0, 0.1) is 0 Å². The molecule has 0 atom stereocenters. The number of aromatic nitrogens is 2. The first-order valence-electron chi connectivity index (χ1n) is 11.3. The van der Waals surface area contributed by atoms with Gasteiger partial charge < -0.3 is 10.1 Å². The molecule has 3 aromatic rings. The molecule has 0 radical (unpaired) electrons. The highest BCUT2D eigenvalue weighted by atomic mass is 32.1. The maximum Gasteiger partial charge on any atom is 0.263 e. The molecule has 1 N–H and O–H groups in total. The Bertz CT molecular complexity index is 1190. The predicted octanol–water partition coefficient (Wildman–Crippen LogP) is 3.58. The highest BCUT2D eigenvalue weighted by Crippen LogP contribution is 2.34. The van der Waals surface area contributed by atoms with Gasteiger partial charge in [0.25, 0.3) is 5.56 Å². The predicted molar refractivity (Wildman–Crippen MR) is 127 cm³/mol. The van der Waals surface area contributed by atoms with Gasteiger partial charge in [0.15, 0.2) is 0 Å². The molecule has 0 unspecified atom stereocenters. The molecule has 1 aliphatic heterocycles. The Hall–Kier alpha value is -2.71. The van der Waals surface area contributed by atoms with Gasteiger partial charge >= 0.3 is 0 Å². The number of methoxy groups -OCH3 is 1. The third-order valence-electron chi connectivity index (χ3n) is 6.39. The van der Waals surface area contributed by atoms with Crippen LogP contribution < -0.4 is 15.6 Å². The van der Waals surface area contributed by atoms with Crippen molar-refractivity contribution in [2.45, 2.75) is 51.6 Å². The summed E-state index contributed by atoms with van der Waals surface area (Å²) in [4.78, 5) is 35.9. The Kier molecular flexibility index (Phi) is 5.97. The van der Waals surface area contributed by atoms with Crippen LogP contribution in [0.15, 0.2) is 29.1 Å². The summed E-state index contributed by atoms with van der Waals surface area (Å²) < 4.78 is 6.77. The van der Waals surface area contributed by atoms with Crippen molar-refractivity contribution in [3.8, 4) is 5.75 Å². The van der Waals surface area contributed by atoms with Crippen molar-refractivity contribution in [1.29, 1.82) is 0 Å². The van der Waals surface area contributed by atoms with Crippen molar-refractivity contribution in [2.24, 2.45) is 0 Å². The molecule has 2 aliphatic rings. The smallest absolute Gasteiger partial charge is 0.263 e. The molecule has 2 aromatic heterocycles. The van der Waals surface area contributed by atoms with E-state index in [9.17, 15) is 9.59 Å². The van der Waals surface area contributed by atoms with Gasteiger partial charge in [-0.05, 0) is 81.4 Å². The summed E-state index contributed by atoms with van der Waals surface area (Å²) in [5.74, 6) is 1.18. The van der Waals surface area contributed by atoms with Gasteiger partial charge in [0.1, 0.15) is 22.9 Å². The van der Waals surface area contributed by atoms with Gasteiger partial charge in [0, 0.05) is 10.6 Å². The maximum atomic E-state index is 13.6. The quantitative estimate of drug-likeness (QED) is 0.619. The minimum absolute atomic E-state index is 0.0401. The normalized spacial score (nSPS) is 16.3. The lowest BCUT2D eigenvalue weighted by Gasteiger charge is -2.18. The van der Waals surface area contributed by atoms with Crippen molar-refractivity contribution in [3.05, 3.63) is 50.9 Å². The first-order chi connectivity index (χ1) is 15.6. The van der Waals surface area contributed by atoms with E-state index in [2.05, 4.69) is 10.2 Å². The summed E-state index contributed by atoms with van der Waals surface area (Å²) in [6, 6.07) is 7.18. The second-order valence-electron chi connectivity index (χ2n) is 8.57. The van der Waals surface area contributed by atoms with Crippen molar-refractivity contribution >= 4 is 33.1 Å². The number of thiophene rings is 1. The Morgan fingerprint density at radius 3 is 2.62 bits per heavy atom. The van der Waals surface area contributed by atoms with E-state index in [1.807, 2.05) is 0 Å². The number of anilines is 1. The van der Waals surface area contributed by atoms with E-state index in [-0.39, 0.29) is 18.0 Å². The number of nitrogens with zero attached hydrogens (tertiary/aromatic N) is 3. The van der Waals surface area contributed by atoms with E-state index < -0.39 is 0 Å². The fourth-order valence-corrected chi connectivity index (χ4v) is 5.99. The molecule has 32 heavy (non-hydrogen) atoms. The van der Waals surface area contributed by atoms with Gasteiger partial charge in [-0.3, -0.25) is 19.1 Å². The monoisotopic (exact) mass is 452 g/mol. The van der Waals surface area contributed by atoms with Gasteiger partial charge in [0.2, 0.25) is 5.91 Å². The van der Waals surface area contributed by atoms with Crippen LogP contribution in [-0.2, 0) is 30.7 Å². The number of ether oxygens (including phenoxy) is 1. The number of benzene rings is 1. The average molecular weight is 453 g/mol. The summed E-state index contributed by atoms with van der Waals surface area (Å²) in [6.07, 6.45) is 6.55. The average Bonchev–Trinajstić information content (AvgIpc) is 3.44. The van der Waals surface area contributed by atoms with E-state index in [1.165, 1.54) is 11.3 Å². The molecule has 1 aliphatic carbocycles. The molecule has 5 rings (SSSR count). The van der Waals surface area contributed by atoms with Gasteiger partial charge in [-0.25, -0.2) is 4.98 Å². The molecular weight excluding hydrogens is 424 g/mol. The third-order valence-corrected chi connectivity index (χ3v) is 7.58. The SMILES string of the molecule is COc1ccc(NC(=O)Cn2c(CN3CCCC3)nc3sc4c(c3c2=O)CCCC4)cc1. The molecule has 7 nitrogen and oxygen atoms in total. The molecule has 1 amide bonds. The highest BCUT2D eigenvalue weighted by Gasteiger charge is 2.24. The summed E-state index contributed by atoms with van der Waals surface area (Å²) in [5.41, 5.74) is 1.76. The molecule has 8 heteroatoms. The Morgan fingerprint density at radius 1 is 1.12 bits per heavy atom. The lowest BCUT2D eigenvalue weighted by atomic mass is 9.97. The Morgan fingerprint density at radius 2 is 1.88 bits per heavy atom. The summed E-state index contributed by atoms with van der Waals surface area (Å²) in [7, 11) is 1.61. The van der Waals surface area contributed by atoms with Crippen LogP contribution in [0.4, 0.5) is 5.69 Å². The van der Waals surface area contributed by atoms with Crippen LogP contribution in [0.1, 0.15) is 41.9 Å². The standard InChI is InChI=1S/C24H28N4O3S/c1-31-17-10-8-16(9-11-17)25-21(29)15-28-20(14-27-12-4-5-13-27)26-23-22(24(28)30)18-6-2-3-7-19(18)32-23/h8-11H,2-7,12-15H2,1H3,(H,25,29). The lowest BCUT2D eigenvalue weighted by molar-refractivity contribution is -0.116. The topological polar surface area (TPSA) is 76.5 Å². The number of nitrogens with one attached hydrogen (secondary N) is 1. The fourth-order valence-electron chi connectivity index (χ4n) is 4.72. The summed E-state index contributed by atoms with van der Waals surface area (Å²) in [6.45, 7) is 2.57. The van der Waals surface area contributed by atoms with Gasteiger partial charge in [-0.15, -0.1) is 11.3 Å². The third kappa shape index (κ3) is 4.17. The Balaban J connectivity index is 1.49. The van der Waals surface area contributed by atoms with E-state index in [0.717, 1.165) is 66.7 Å². The molecule has 1 saturated heterocycles. The molecular formula is C24H28N4O3S. The molecule has 0 saturated carbocycles. The first-order valence-corrected chi connectivity index (χ1v) is 12.1. The van der Waals surface area contributed by atoms with Crippen LogP contribution in [0.2, 0.25) is 0 Å². The first kappa shape index (κ1) is 21.2. The maximum absolute atomic E-state index is 13.6. The number of likely N-dealkylation sites (tertiary alicyclic amines) is 1. The molecule has 1 aromatic carbocycles. The number of carbonyl (C=O) groups is 1. The van der Waals surface area contributed by atoms with Crippen LogP contribution in [0.5, 0.6) is 5.75 Å². The highest BCUT2D eigenvalue weighted by molar-refractivity contribution is 7.18. The Labute approximate surface area is 191 Å². The molecule has 168 valence electrons. The lowest BCUT2D eigenvalue weighted by Crippen LogP contribution is -2.33. The van der Waals surface area contributed by atoms with Gasteiger partial charge in [0.05, 0.1) is 19.0 Å². The van der Waals surface area contributed by atoms with E-state index in [4.69, 9.17) is 9.72 Å². The zero-order valence-electron chi connectivity index (χ0n) is 18.4. The zero-order chi connectivity index (χ0) is 22.1. The number of aryl methyl sites for hydroxylation is 2. The fraction of sp³-hybridized carbons (Fsp3) is 0.458. The largest absolute Gasteiger partial charge is 0.497 e. The number of carbonyl (C=O) groups excluding carboxylic acids is 1. The zero-order valence-corrected chi connectivity index (χ0v) is 19.2. The molecule has 3 heterocycles. The second kappa shape index (κ2) is 9.03. The van der Waals surface area contributed by atoms with Crippen molar-refractivity contribution < 1.29 is 9.53 Å². The molecule has 1 fully saturated rings. The van der Waals surface area contributed by atoms with E-state index in [1.54, 1.807) is 47.3 Å². The van der Waals surface area contributed by atoms with Crippen LogP contribution in [-0.4, -0.2) is 40.6 Å². The molecule has 0 spiro atoms. The summed E-state index contributed by atoms with van der Waals surface area (Å²) in [5, 5.41) is 3.63. The number of amides is 1. The number of fused-ring (bicyclic) bond motifs is 3.